The third-order valence-corrected chi connectivity index (χ3v) is 8.69. The molecule has 0 saturated carbocycles. The van der Waals surface area contributed by atoms with Gasteiger partial charge in [-0.3, -0.25) is 10.1 Å². The number of thiophene rings is 1. The number of aromatic nitrogens is 4. The minimum absolute atomic E-state index is 0.149. The molecule has 1 aromatic carbocycles. The fourth-order valence-corrected chi connectivity index (χ4v) is 6.80. The summed E-state index contributed by atoms with van der Waals surface area (Å²) in [6.45, 7) is 5.30. The molecule has 0 aliphatic carbocycles. The van der Waals surface area contributed by atoms with E-state index in [0.29, 0.717) is 53.2 Å². The highest BCUT2D eigenvalue weighted by Crippen LogP contribution is 2.45. The number of fused-ring (bicyclic) bond motifs is 1. The molecular formula is C27H31N5O7S2. The Kier molecular flexibility index (Phi) is 10.8. The van der Waals surface area contributed by atoms with Crippen molar-refractivity contribution < 1.29 is 28.4 Å². The molecule has 1 atom stereocenters. The predicted octanol–water partition coefficient (Wildman–Crippen LogP) is 4.93. The Morgan fingerprint density at radius 3 is 2.15 bits per heavy atom. The lowest BCUT2D eigenvalue weighted by molar-refractivity contribution is -0.385. The molecule has 0 radical (unpaired) electrons. The summed E-state index contributed by atoms with van der Waals surface area (Å²) in [5, 5.41) is 12.7. The van der Waals surface area contributed by atoms with Gasteiger partial charge in [0.1, 0.15) is 40.7 Å². The maximum atomic E-state index is 13.3. The van der Waals surface area contributed by atoms with E-state index in [-0.39, 0.29) is 45.8 Å². The smallest absolute Gasteiger partial charge is 0.346 e. The molecule has 12 nitrogen and oxygen atoms in total. The number of rotatable bonds is 15. The number of hydrogen-bond donors (Lipinski definition) is 0. The summed E-state index contributed by atoms with van der Waals surface area (Å²) in [5.74, 6) is 1.92. The third-order valence-electron chi connectivity index (χ3n) is 5.80. The molecular weight excluding hydrogens is 570 g/mol. The van der Waals surface area contributed by atoms with E-state index in [1.165, 1.54) is 0 Å². The first-order valence-electron chi connectivity index (χ1n) is 12.9. The predicted molar refractivity (Wildman–Crippen MR) is 156 cm³/mol. The lowest BCUT2D eigenvalue weighted by Crippen LogP contribution is -2.09. The Morgan fingerprint density at radius 1 is 0.951 bits per heavy atom. The highest BCUT2D eigenvalue weighted by Gasteiger charge is 2.35. The van der Waals surface area contributed by atoms with Crippen molar-refractivity contribution >= 4 is 38.4 Å². The van der Waals surface area contributed by atoms with Crippen LogP contribution in [0.25, 0.3) is 33.1 Å². The maximum absolute atomic E-state index is 13.3. The Balaban J connectivity index is 1.95. The monoisotopic (exact) mass is 601 g/mol. The van der Waals surface area contributed by atoms with Gasteiger partial charge in [-0.1, -0.05) is 25.2 Å². The summed E-state index contributed by atoms with van der Waals surface area (Å²) in [6.07, 6.45) is 3.78. The first-order valence-corrected chi connectivity index (χ1v) is 15.0. The summed E-state index contributed by atoms with van der Waals surface area (Å²) in [7, 11) is 3.14. The SMILES string of the molecule is COCCOc1cc(OCCOC)cc(-c2nc(-c3ncccn3)nc3sc([S+]([O-])CCC(C)C)c([N+](=O)[O-])c23)c1. The number of hydrogen-bond acceptors (Lipinski definition) is 12. The number of nitro groups is 1. The Hall–Kier alpha value is -3.43. The van der Waals surface area contributed by atoms with Crippen LogP contribution >= 0.6 is 11.3 Å². The molecule has 4 aromatic rings. The van der Waals surface area contributed by atoms with Gasteiger partial charge in [-0.2, -0.15) is 0 Å². The van der Waals surface area contributed by atoms with Crippen LogP contribution in [0, 0.1) is 16.0 Å². The van der Waals surface area contributed by atoms with Crippen LogP contribution < -0.4 is 9.47 Å². The Bertz CT molecular complexity index is 1440. The van der Waals surface area contributed by atoms with Gasteiger partial charge in [-0.05, 0) is 30.5 Å². The second kappa shape index (κ2) is 14.5. The Labute approximate surface area is 244 Å². The molecule has 14 heteroatoms. The average molecular weight is 602 g/mol. The molecule has 3 heterocycles. The van der Waals surface area contributed by atoms with Crippen molar-refractivity contribution in [3.05, 3.63) is 46.8 Å². The quantitative estimate of drug-likeness (QED) is 0.0788. The van der Waals surface area contributed by atoms with Crippen LogP contribution in [0.1, 0.15) is 20.3 Å². The largest absolute Gasteiger partial charge is 0.611 e. The van der Waals surface area contributed by atoms with Gasteiger partial charge in [0, 0.05) is 49.4 Å². The van der Waals surface area contributed by atoms with Gasteiger partial charge >= 0.3 is 5.69 Å². The van der Waals surface area contributed by atoms with Crippen molar-refractivity contribution in [1.29, 1.82) is 0 Å². The van der Waals surface area contributed by atoms with Crippen LogP contribution in [0.2, 0.25) is 0 Å². The van der Waals surface area contributed by atoms with E-state index in [1.807, 2.05) is 13.8 Å². The highest BCUT2D eigenvalue weighted by molar-refractivity contribution is 7.93. The number of benzene rings is 1. The van der Waals surface area contributed by atoms with Crippen molar-refractivity contribution in [1.82, 2.24) is 19.9 Å². The van der Waals surface area contributed by atoms with E-state index in [2.05, 4.69) is 15.0 Å². The summed E-state index contributed by atoms with van der Waals surface area (Å²) >= 11 is -0.576. The molecule has 3 aromatic heterocycles. The van der Waals surface area contributed by atoms with Crippen LogP contribution in [0.4, 0.5) is 5.69 Å². The average Bonchev–Trinajstić information content (AvgIpc) is 3.36. The molecule has 1 unspecified atom stereocenters. The van der Waals surface area contributed by atoms with E-state index < -0.39 is 16.1 Å². The van der Waals surface area contributed by atoms with Crippen molar-refractivity contribution in [3.63, 3.8) is 0 Å². The number of ether oxygens (including phenoxy) is 4. The second-order valence-corrected chi connectivity index (χ2v) is 12.0. The summed E-state index contributed by atoms with van der Waals surface area (Å²) < 4.78 is 35.4. The van der Waals surface area contributed by atoms with E-state index in [0.717, 1.165) is 11.3 Å². The van der Waals surface area contributed by atoms with Gasteiger partial charge < -0.3 is 23.5 Å². The van der Waals surface area contributed by atoms with Gasteiger partial charge in [0.15, 0.2) is 11.6 Å². The first-order chi connectivity index (χ1) is 19.8. The molecule has 0 bridgehead atoms. The standard InChI is InChI=1S/C27H31N5O7S2/c1-17(2)6-13-41(35)27-23(32(33)34)21-22(30-25(31-26(21)40-27)24-28-7-5-8-29-24)18-14-19(38-11-9-36-3)16-20(15-18)39-12-10-37-4/h5,7-8,14-17H,6,9-13H2,1-4H3. The van der Waals surface area contributed by atoms with E-state index in [4.69, 9.17) is 23.9 Å². The molecule has 41 heavy (non-hydrogen) atoms. The Morgan fingerprint density at radius 2 is 1.59 bits per heavy atom. The van der Waals surface area contributed by atoms with Gasteiger partial charge in [-0.15, -0.1) is 0 Å². The molecule has 0 fully saturated rings. The van der Waals surface area contributed by atoms with Crippen molar-refractivity contribution in [2.45, 2.75) is 24.5 Å². The molecule has 0 N–H and O–H groups in total. The van der Waals surface area contributed by atoms with E-state index in [1.54, 1.807) is 50.9 Å². The second-order valence-electron chi connectivity index (χ2n) is 9.25. The minimum Gasteiger partial charge on any atom is -0.611 e. The van der Waals surface area contributed by atoms with Gasteiger partial charge in [0.2, 0.25) is 0 Å². The van der Waals surface area contributed by atoms with Crippen molar-refractivity contribution in [2.24, 2.45) is 5.92 Å². The zero-order valence-corrected chi connectivity index (χ0v) is 24.8. The molecule has 0 spiro atoms. The van der Waals surface area contributed by atoms with Crippen LogP contribution in [-0.4, -0.2) is 75.8 Å². The van der Waals surface area contributed by atoms with Crippen LogP contribution in [0.15, 0.2) is 40.9 Å². The molecule has 0 aliphatic rings. The summed E-state index contributed by atoms with van der Waals surface area (Å²) in [6, 6.07) is 6.81. The fourth-order valence-electron chi connectivity index (χ4n) is 3.81. The number of nitrogens with zero attached hydrogens (tertiary/aromatic N) is 5. The lowest BCUT2D eigenvalue weighted by Gasteiger charge is -2.13. The maximum Gasteiger partial charge on any atom is 0.346 e. The first kappa shape index (κ1) is 30.5. The molecule has 0 aliphatic heterocycles. The fraction of sp³-hybridized carbons (Fsp3) is 0.407. The summed E-state index contributed by atoms with van der Waals surface area (Å²) in [4.78, 5) is 30.1. The van der Waals surface area contributed by atoms with Gasteiger partial charge in [0.25, 0.3) is 4.21 Å². The summed E-state index contributed by atoms with van der Waals surface area (Å²) in [5.41, 5.74) is 0.466. The molecule has 218 valence electrons. The van der Waals surface area contributed by atoms with Gasteiger partial charge in [-0.25, -0.2) is 19.9 Å². The van der Waals surface area contributed by atoms with E-state index in [9.17, 15) is 14.7 Å². The zero-order chi connectivity index (χ0) is 29.4. The van der Waals surface area contributed by atoms with Crippen LogP contribution in [0.3, 0.4) is 0 Å². The van der Waals surface area contributed by atoms with Crippen LogP contribution in [0.5, 0.6) is 11.5 Å². The topological polar surface area (TPSA) is 155 Å². The van der Waals surface area contributed by atoms with Gasteiger partial charge in [0.05, 0.1) is 23.8 Å². The van der Waals surface area contributed by atoms with Crippen molar-refractivity contribution in [2.75, 3.05) is 46.4 Å². The third kappa shape index (κ3) is 7.65. The van der Waals surface area contributed by atoms with E-state index >= 15 is 0 Å². The normalized spacial score (nSPS) is 12.1. The van der Waals surface area contributed by atoms with Crippen molar-refractivity contribution in [3.8, 4) is 34.4 Å². The molecule has 0 amide bonds. The highest BCUT2D eigenvalue weighted by atomic mass is 32.2. The number of methoxy groups -OCH3 is 2. The molecule has 0 saturated heterocycles. The lowest BCUT2D eigenvalue weighted by atomic mass is 10.1. The van der Waals surface area contributed by atoms with Crippen LogP contribution in [-0.2, 0) is 20.6 Å². The molecule has 4 rings (SSSR count). The zero-order valence-electron chi connectivity index (χ0n) is 23.2. The minimum atomic E-state index is -1.60.